The molecule has 0 amide bonds. The zero-order valence-electron chi connectivity index (χ0n) is 12.8. The summed E-state index contributed by atoms with van der Waals surface area (Å²) in [6.07, 6.45) is 4.87. The molecule has 2 rings (SSSR count). The highest BCUT2D eigenvalue weighted by Gasteiger charge is 2.34. The van der Waals surface area contributed by atoms with Gasteiger partial charge in [-0.05, 0) is 19.8 Å². The van der Waals surface area contributed by atoms with Crippen molar-refractivity contribution in [2.45, 2.75) is 57.0 Å². The predicted molar refractivity (Wildman–Crippen MR) is 76.9 cm³/mol. The Morgan fingerprint density at radius 2 is 2.10 bits per heavy atom. The fraction of sp³-hybridized carbons (Fsp3) is 1.00. The molecule has 118 valence electrons. The molecule has 4 unspecified atom stereocenters. The first-order valence-corrected chi connectivity index (χ1v) is 7.85. The standard InChI is InChI=1S/C15H29NO4/c1-12(10-18-2)20-11-13(17)9-16-7-8-19-15-6-4-3-5-14(15)16/h12-15,17H,3-11H2,1-2H3. The SMILES string of the molecule is COCC(C)OCC(O)CN1CCOC2CCCCC21. The molecule has 1 saturated heterocycles. The Bertz CT molecular complexity index is 275. The molecule has 0 aromatic heterocycles. The summed E-state index contributed by atoms with van der Waals surface area (Å²) in [4.78, 5) is 2.39. The summed E-state index contributed by atoms with van der Waals surface area (Å²) in [7, 11) is 1.66. The molecule has 0 bridgehead atoms. The summed E-state index contributed by atoms with van der Waals surface area (Å²) in [5.74, 6) is 0. The normalized spacial score (nSPS) is 30.8. The first-order valence-electron chi connectivity index (χ1n) is 7.85. The Morgan fingerprint density at radius 1 is 1.30 bits per heavy atom. The van der Waals surface area contributed by atoms with Gasteiger partial charge < -0.3 is 19.3 Å². The average Bonchev–Trinajstić information content (AvgIpc) is 2.46. The van der Waals surface area contributed by atoms with Crippen LogP contribution in [-0.4, -0.2) is 74.4 Å². The van der Waals surface area contributed by atoms with Crippen LogP contribution >= 0.6 is 0 Å². The maximum atomic E-state index is 10.2. The van der Waals surface area contributed by atoms with Crippen LogP contribution in [0.2, 0.25) is 0 Å². The molecule has 0 aromatic rings. The van der Waals surface area contributed by atoms with E-state index in [0.717, 1.165) is 13.2 Å². The van der Waals surface area contributed by atoms with E-state index in [1.165, 1.54) is 25.7 Å². The number of rotatable bonds is 7. The monoisotopic (exact) mass is 287 g/mol. The number of ether oxygens (including phenoxy) is 3. The molecular formula is C15H29NO4. The van der Waals surface area contributed by atoms with Crippen molar-refractivity contribution in [3.05, 3.63) is 0 Å². The van der Waals surface area contributed by atoms with E-state index in [1.807, 2.05) is 6.92 Å². The quantitative estimate of drug-likeness (QED) is 0.758. The van der Waals surface area contributed by atoms with Gasteiger partial charge in [0.15, 0.2) is 0 Å². The molecule has 1 heterocycles. The largest absolute Gasteiger partial charge is 0.389 e. The molecule has 1 N–H and O–H groups in total. The summed E-state index contributed by atoms with van der Waals surface area (Å²) in [6.45, 7) is 5.29. The highest BCUT2D eigenvalue weighted by Crippen LogP contribution is 2.28. The molecule has 4 atom stereocenters. The van der Waals surface area contributed by atoms with Crippen LogP contribution in [0.4, 0.5) is 0 Å². The zero-order valence-corrected chi connectivity index (χ0v) is 12.8. The van der Waals surface area contributed by atoms with E-state index in [4.69, 9.17) is 14.2 Å². The summed E-state index contributed by atoms with van der Waals surface area (Å²) < 4.78 is 16.5. The fourth-order valence-electron chi connectivity index (χ4n) is 3.28. The van der Waals surface area contributed by atoms with Crippen LogP contribution < -0.4 is 0 Å². The third-order valence-corrected chi connectivity index (χ3v) is 4.27. The molecule has 0 spiro atoms. The predicted octanol–water partition coefficient (Wildman–Crippen LogP) is 1.04. The van der Waals surface area contributed by atoms with Gasteiger partial charge in [-0.1, -0.05) is 12.8 Å². The second-order valence-electron chi connectivity index (χ2n) is 6.01. The second kappa shape index (κ2) is 8.29. The number of nitrogens with zero attached hydrogens (tertiary/aromatic N) is 1. The number of aliphatic hydroxyl groups is 1. The van der Waals surface area contributed by atoms with Crippen LogP contribution in [0.5, 0.6) is 0 Å². The minimum absolute atomic E-state index is 0.0294. The van der Waals surface area contributed by atoms with E-state index >= 15 is 0 Å². The lowest BCUT2D eigenvalue weighted by Crippen LogP contribution is -2.54. The molecule has 2 aliphatic rings. The molecule has 1 saturated carbocycles. The van der Waals surface area contributed by atoms with Crippen molar-refractivity contribution in [2.75, 3.05) is 40.0 Å². The summed E-state index contributed by atoms with van der Waals surface area (Å²) in [5.41, 5.74) is 0. The first kappa shape index (κ1) is 16.2. The number of aliphatic hydroxyl groups excluding tert-OH is 1. The second-order valence-corrected chi connectivity index (χ2v) is 6.01. The number of β-amino-alcohol motifs (C(OH)–C–C–N with tert-alkyl or cyclic N) is 1. The number of methoxy groups -OCH3 is 1. The fourth-order valence-corrected chi connectivity index (χ4v) is 3.28. The van der Waals surface area contributed by atoms with Crippen molar-refractivity contribution in [2.24, 2.45) is 0 Å². The third-order valence-electron chi connectivity index (χ3n) is 4.27. The number of fused-ring (bicyclic) bond motifs is 1. The van der Waals surface area contributed by atoms with Crippen molar-refractivity contribution in [3.8, 4) is 0 Å². The molecule has 5 heteroatoms. The maximum absolute atomic E-state index is 10.2. The minimum atomic E-state index is -0.435. The first-order chi connectivity index (χ1) is 9.70. The van der Waals surface area contributed by atoms with Gasteiger partial charge in [0.25, 0.3) is 0 Å². The van der Waals surface area contributed by atoms with Crippen LogP contribution in [0.15, 0.2) is 0 Å². The highest BCUT2D eigenvalue weighted by molar-refractivity contribution is 4.88. The van der Waals surface area contributed by atoms with Crippen LogP contribution in [0.1, 0.15) is 32.6 Å². The van der Waals surface area contributed by atoms with Crippen LogP contribution in [0.3, 0.4) is 0 Å². The van der Waals surface area contributed by atoms with E-state index in [2.05, 4.69) is 4.90 Å². The van der Waals surface area contributed by atoms with Gasteiger partial charge in [0, 0.05) is 26.2 Å². The number of morpholine rings is 1. The number of hydrogen-bond donors (Lipinski definition) is 1. The van der Waals surface area contributed by atoms with E-state index in [-0.39, 0.29) is 6.10 Å². The van der Waals surface area contributed by atoms with E-state index in [1.54, 1.807) is 7.11 Å². The summed E-state index contributed by atoms with van der Waals surface area (Å²) in [6, 6.07) is 0.489. The molecule has 0 aromatic carbocycles. The third kappa shape index (κ3) is 4.67. The molecule has 5 nitrogen and oxygen atoms in total. The Kier molecular flexibility index (Phi) is 6.71. The Balaban J connectivity index is 1.73. The zero-order chi connectivity index (χ0) is 14.4. The molecule has 1 aliphatic heterocycles. The lowest BCUT2D eigenvalue weighted by Gasteiger charge is -2.44. The Labute approximate surface area is 122 Å². The van der Waals surface area contributed by atoms with Crippen LogP contribution in [0, 0.1) is 0 Å². The van der Waals surface area contributed by atoms with Gasteiger partial charge >= 0.3 is 0 Å². The molecule has 20 heavy (non-hydrogen) atoms. The van der Waals surface area contributed by atoms with E-state index in [0.29, 0.717) is 31.9 Å². The topological polar surface area (TPSA) is 51.2 Å². The minimum Gasteiger partial charge on any atom is -0.389 e. The van der Waals surface area contributed by atoms with Gasteiger partial charge in [0.1, 0.15) is 0 Å². The van der Waals surface area contributed by atoms with Gasteiger partial charge in [-0.3, -0.25) is 4.90 Å². The lowest BCUT2D eigenvalue weighted by atomic mass is 9.90. The van der Waals surface area contributed by atoms with Gasteiger partial charge in [0.2, 0.25) is 0 Å². The van der Waals surface area contributed by atoms with Crippen molar-refractivity contribution < 1.29 is 19.3 Å². The van der Waals surface area contributed by atoms with Gasteiger partial charge in [-0.15, -0.1) is 0 Å². The van der Waals surface area contributed by atoms with E-state index < -0.39 is 6.10 Å². The number of hydrogen-bond acceptors (Lipinski definition) is 5. The van der Waals surface area contributed by atoms with Crippen molar-refractivity contribution in [1.82, 2.24) is 4.90 Å². The molecule has 0 radical (unpaired) electrons. The summed E-state index contributed by atoms with van der Waals surface area (Å²) in [5, 5.41) is 10.2. The summed E-state index contributed by atoms with van der Waals surface area (Å²) >= 11 is 0. The smallest absolute Gasteiger partial charge is 0.0900 e. The average molecular weight is 287 g/mol. The van der Waals surface area contributed by atoms with Crippen molar-refractivity contribution in [1.29, 1.82) is 0 Å². The molecular weight excluding hydrogens is 258 g/mol. The molecule has 2 fully saturated rings. The Morgan fingerprint density at radius 3 is 2.90 bits per heavy atom. The van der Waals surface area contributed by atoms with Crippen molar-refractivity contribution in [3.63, 3.8) is 0 Å². The van der Waals surface area contributed by atoms with E-state index in [9.17, 15) is 5.11 Å². The highest BCUT2D eigenvalue weighted by atomic mass is 16.5. The Hall–Kier alpha value is -0.200. The van der Waals surface area contributed by atoms with Crippen LogP contribution in [0.25, 0.3) is 0 Å². The van der Waals surface area contributed by atoms with Crippen LogP contribution in [-0.2, 0) is 14.2 Å². The maximum Gasteiger partial charge on any atom is 0.0900 e. The van der Waals surface area contributed by atoms with Gasteiger partial charge in [0.05, 0.1) is 38.1 Å². The van der Waals surface area contributed by atoms with Gasteiger partial charge in [-0.2, -0.15) is 0 Å². The lowest BCUT2D eigenvalue weighted by molar-refractivity contribution is -0.106. The molecule has 1 aliphatic carbocycles. The van der Waals surface area contributed by atoms with Crippen molar-refractivity contribution >= 4 is 0 Å². The van der Waals surface area contributed by atoms with Gasteiger partial charge in [-0.25, -0.2) is 0 Å².